The van der Waals surface area contributed by atoms with Crippen LogP contribution in [0.1, 0.15) is 31.7 Å². The zero-order chi connectivity index (χ0) is 14.2. The van der Waals surface area contributed by atoms with Crippen LogP contribution in [-0.4, -0.2) is 25.0 Å². The maximum Gasteiger partial charge on any atom is 0.230 e. The van der Waals surface area contributed by atoms with Gasteiger partial charge in [-0.15, -0.1) is 12.4 Å². The first-order valence-electron chi connectivity index (χ1n) is 7.39. The first kappa shape index (κ1) is 16.6. The van der Waals surface area contributed by atoms with Crippen LogP contribution in [0.4, 0.5) is 0 Å². The van der Waals surface area contributed by atoms with E-state index in [4.69, 9.17) is 11.6 Å². The maximum atomic E-state index is 12.7. The van der Waals surface area contributed by atoms with Gasteiger partial charge in [-0.2, -0.15) is 0 Å². The summed E-state index contributed by atoms with van der Waals surface area (Å²) in [5.41, 5.74) is 0.802. The highest BCUT2D eigenvalue weighted by Crippen LogP contribution is 2.48. The lowest BCUT2D eigenvalue weighted by Gasteiger charge is -2.31. The van der Waals surface area contributed by atoms with Gasteiger partial charge in [0.15, 0.2) is 0 Å². The number of rotatable bonds is 3. The van der Waals surface area contributed by atoms with Crippen molar-refractivity contribution >= 4 is 29.9 Å². The second kappa shape index (κ2) is 6.55. The number of carbonyl (C=O) groups excluding carboxylic acids is 1. The molecule has 1 saturated carbocycles. The SMILES string of the molecule is CC1CNCCC1NC(=O)C1(c2ccc(Cl)cc2)CC1.Cl. The molecule has 1 heterocycles. The number of nitrogens with one attached hydrogen (secondary N) is 2. The number of hydrogen-bond donors (Lipinski definition) is 2. The van der Waals surface area contributed by atoms with E-state index in [1.54, 1.807) is 0 Å². The fourth-order valence-corrected chi connectivity index (χ4v) is 3.20. The van der Waals surface area contributed by atoms with Crippen molar-refractivity contribution < 1.29 is 4.79 Å². The molecule has 0 spiro atoms. The molecule has 21 heavy (non-hydrogen) atoms. The average Bonchev–Trinajstić information content (AvgIpc) is 3.24. The van der Waals surface area contributed by atoms with E-state index in [1.807, 2.05) is 24.3 Å². The van der Waals surface area contributed by atoms with E-state index in [0.29, 0.717) is 12.0 Å². The Labute approximate surface area is 137 Å². The third-order valence-corrected chi connectivity index (χ3v) is 4.94. The van der Waals surface area contributed by atoms with Gasteiger partial charge in [0.25, 0.3) is 0 Å². The van der Waals surface area contributed by atoms with Gasteiger partial charge in [0, 0.05) is 11.1 Å². The molecular weight excluding hydrogens is 307 g/mol. The first-order chi connectivity index (χ1) is 9.62. The molecule has 1 aromatic rings. The van der Waals surface area contributed by atoms with Crippen LogP contribution in [0, 0.1) is 5.92 Å². The third kappa shape index (κ3) is 3.36. The Balaban J connectivity index is 0.00000161. The molecule has 2 fully saturated rings. The molecule has 0 bridgehead atoms. The highest BCUT2D eigenvalue weighted by Gasteiger charge is 2.51. The summed E-state index contributed by atoms with van der Waals surface area (Å²) < 4.78 is 0. The molecule has 2 aliphatic rings. The lowest BCUT2D eigenvalue weighted by atomic mass is 9.91. The number of halogens is 2. The predicted molar refractivity (Wildman–Crippen MR) is 88.2 cm³/mol. The molecule has 1 aliphatic heterocycles. The summed E-state index contributed by atoms with van der Waals surface area (Å²) >= 11 is 5.93. The molecule has 3 nitrogen and oxygen atoms in total. The molecule has 2 unspecified atom stereocenters. The van der Waals surface area contributed by atoms with Gasteiger partial charge in [-0.25, -0.2) is 0 Å². The Morgan fingerprint density at radius 2 is 2.00 bits per heavy atom. The van der Waals surface area contributed by atoms with Crippen LogP contribution < -0.4 is 10.6 Å². The highest BCUT2D eigenvalue weighted by atomic mass is 35.5. The van der Waals surface area contributed by atoms with Crippen molar-refractivity contribution in [2.75, 3.05) is 13.1 Å². The molecule has 1 aromatic carbocycles. The number of benzene rings is 1. The van der Waals surface area contributed by atoms with E-state index in [9.17, 15) is 4.79 Å². The van der Waals surface area contributed by atoms with E-state index in [2.05, 4.69) is 17.6 Å². The van der Waals surface area contributed by atoms with Gasteiger partial charge in [-0.05, 0) is 56.0 Å². The standard InChI is InChI=1S/C16H21ClN2O.ClH/c1-11-10-18-9-6-14(11)19-15(20)16(7-8-16)12-2-4-13(17)5-3-12;/h2-5,11,14,18H,6-10H2,1H3,(H,19,20);1H. The summed E-state index contributed by atoms with van der Waals surface area (Å²) in [4.78, 5) is 12.7. The zero-order valence-electron chi connectivity index (χ0n) is 12.2. The molecule has 116 valence electrons. The van der Waals surface area contributed by atoms with Crippen LogP contribution in [0.2, 0.25) is 5.02 Å². The molecule has 1 saturated heterocycles. The van der Waals surface area contributed by atoms with E-state index in [0.717, 1.165) is 42.9 Å². The smallest absolute Gasteiger partial charge is 0.230 e. The Morgan fingerprint density at radius 3 is 2.57 bits per heavy atom. The molecule has 0 radical (unpaired) electrons. The Kier molecular flexibility index (Phi) is 5.18. The van der Waals surface area contributed by atoms with Crippen molar-refractivity contribution in [2.45, 2.75) is 37.6 Å². The van der Waals surface area contributed by atoms with Gasteiger partial charge in [0.05, 0.1) is 5.41 Å². The summed E-state index contributed by atoms with van der Waals surface area (Å²) in [6, 6.07) is 8.02. The fourth-order valence-electron chi connectivity index (χ4n) is 3.08. The maximum absolute atomic E-state index is 12.7. The van der Waals surface area contributed by atoms with Crippen LogP contribution in [-0.2, 0) is 10.2 Å². The topological polar surface area (TPSA) is 41.1 Å². The number of amides is 1. The quantitative estimate of drug-likeness (QED) is 0.895. The van der Waals surface area contributed by atoms with Crippen LogP contribution in [0.3, 0.4) is 0 Å². The molecular formula is C16H22Cl2N2O. The Bertz CT molecular complexity index is 500. The van der Waals surface area contributed by atoms with Gasteiger partial charge < -0.3 is 10.6 Å². The minimum atomic E-state index is -0.296. The first-order valence-corrected chi connectivity index (χ1v) is 7.77. The molecule has 2 N–H and O–H groups in total. The van der Waals surface area contributed by atoms with E-state index >= 15 is 0 Å². The lowest BCUT2D eigenvalue weighted by molar-refractivity contribution is -0.124. The third-order valence-electron chi connectivity index (χ3n) is 4.68. The largest absolute Gasteiger partial charge is 0.352 e. The molecule has 1 amide bonds. The van der Waals surface area contributed by atoms with Gasteiger partial charge in [-0.1, -0.05) is 30.7 Å². The molecule has 3 rings (SSSR count). The van der Waals surface area contributed by atoms with Gasteiger partial charge in [0.2, 0.25) is 5.91 Å². The van der Waals surface area contributed by atoms with Gasteiger partial charge in [-0.3, -0.25) is 4.79 Å². The van der Waals surface area contributed by atoms with Crippen molar-refractivity contribution in [3.05, 3.63) is 34.9 Å². The van der Waals surface area contributed by atoms with Crippen LogP contribution >= 0.6 is 24.0 Å². The monoisotopic (exact) mass is 328 g/mol. The minimum absolute atomic E-state index is 0. The minimum Gasteiger partial charge on any atom is -0.352 e. The van der Waals surface area contributed by atoms with Crippen LogP contribution in [0.15, 0.2) is 24.3 Å². The van der Waals surface area contributed by atoms with Crippen molar-refractivity contribution in [2.24, 2.45) is 5.92 Å². The molecule has 2 atom stereocenters. The summed E-state index contributed by atoms with van der Waals surface area (Å²) in [5.74, 6) is 0.687. The number of carbonyl (C=O) groups is 1. The summed E-state index contributed by atoms with van der Waals surface area (Å²) in [6.07, 6.45) is 2.91. The van der Waals surface area contributed by atoms with Crippen LogP contribution in [0.25, 0.3) is 0 Å². The van der Waals surface area contributed by atoms with E-state index in [-0.39, 0.29) is 23.7 Å². The van der Waals surface area contributed by atoms with Crippen LogP contribution in [0.5, 0.6) is 0 Å². The van der Waals surface area contributed by atoms with Gasteiger partial charge >= 0.3 is 0 Å². The Hall–Kier alpha value is -0.770. The second-order valence-corrected chi connectivity index (χ2v) is 6.58. The van der Waals surface area contributed by atoms with Gasteiger partial charge in [0.1, 0.15) is 0 Å². The van der Waals surface area contributed by atoms with Crippen molar-refractivity contribution in [1.82, 2.24) is 10.6 Å². The summed E-state index contributed by atoms with van der Waals surface area (Å²) in [6.45, 7) is 4.17. The molecule has 1 aliphatic carbocycles. The summed E-state index contributed by atoms with van der Waals surface area (Å²) in [5, 5.41) is 7.36. The van der Waals surface area contributed by atoms with E-state index in [1.165, 1.54) is 0 Å². The summed E-state index contributed by atoms with van der Waals surface area (Å²) in [7, 11) is 0. The van der Waals surface area contributed by atoms with Crippen molar-refractivity contribution in [3.63, 3.8) is 0 Å². The number of hydrogen-bond acceptors (Lipinski definition) is 2. The second-order valence-electron chi connectivity index (χ2n) is 6.14. The Morgan fingerprint density at radius 1 is 1.33 bits per heavy atom. The normalized spacial score (nSPS) is 26.6. The zero-order valence-corrected chi connectivity index (χ0v) is 13.8. The van der Waals surface area contributed by atoms with Crippen molar-refractivity contribution in [3.8, 4) is 0 Å². The van der Waals surface area contributed by atoms with Crippen molar-refractivity contribution in [1.29, 1.82) is 0 Å². The average molecular weight is 329 g/mol. The predicted octanol–water partition coefficient (Wildman–Crippen LogP) is 2.91. The number of piperidine rings is 1. The lowest BCUT2D eigenvalue weighted by Crippen LogP contribution is -2.50. The van der Waals surface area contributed by atoms with E-state index < -0.39 is 0 Å². The molecule has 0 aromatic heterocycles. The molecule has 5 heteroatoms. The highest BCUT2D eigenvalue weighted by molar-refractivity contribution is 6.30. The fraction of sp³-hybridized carbons (Fsp3) is 0.562.